The van der Waals surface area contributed by atoms with E-state index in [9.17, 15) is 14.0 Å². The largest absolute Gasteiger partial charge is 0.467 e. The zero-order valence-corrected chi connectivity index (χ0v) is 15.3. The molecular weight excluding hydrogens is 325 g/mol. The fourth-order valence-corrected chi connectivity index (χ4v) is 3.18. The number of esters is 1. The minimum Gasteiger partial charge on any atom is -0.467 e. The number of ether oxygens (including phenoxy) is 2. The molecule has 1 fully saturated rings. The van der Waals surface area contributed by atoms with E-state index in [-0.39, 0.29) is 11.7 Å². The van der Waals surface area contributed by atoms with Crippen molar-refractivity contribution in [1.29, 1.82) is 0 Å². The molecule has 0 spiro atoms. The van der Waals surface area contributed by atoms with Gasteiger partial charge in [-0.25, -0.2) is 14.0 Å². The molecule has 0 radical (unpaired) electrons. The molecule has 25 heavy (non-hydrogen) atoms. The highest BCUT2D eigenvalue weighted by atomic mass is 19.1. The van der Waals surface area contributed by atoms with Crippen LogP contribution in [0.15, 0.2) is 24.3 Å². The van der Waals surface area contributed by atoms with Crippen molar-refractivity contribution in [3.05, 3.63) is 35.6 Å². The van der Waals surface area contributed by atoms with Crippen LogP contribution in [0.1, 0.15) is 39.2 Å². The summed E-state index contributed by atoms with van der Waals surface area (Å²) < 4.78 is 23.5. The number of nitrogens with zero attached hydrogens (tertiary/aromatic N) is 1. The highest BCUT2D eigenvalue weighted by molar-refractivity contribution is 5.82. The summed E-state index contributed by atoms with van der Waals surface area (Å²) in [7, 11) is 1.32. The Labute approximate surface area is 148 Å². The van der Waals surface area contributed by atoms with Crippen LogP contribution in [-0.4, -0.2) is 42.3 Å². The van der Waals surface area contributed by atoms with Crippen molar-refractivity contribution in [3.63, 3.8) is 0 Å². The predicted molar refractivity (Wildman–Crippen MR) is 91.6 cm³/mol. The first-order valence-corrected chi connectivity index (χ1v) is 8.53. The van der Waals surface area contributed by atoms with Gasteiger partial charge in [-0.1, -0.05) is 12.1 Å². The molecule has 0 saturated carbocycles. The normalized spacial score (nSPS) is 20.9. The highest BCUT2D eigenvalue weighted by Crippen LogP contribution is 2.29. The Hall–Kier alpha value is -2.11. The van der Waals surface area contributed by atoms with E-state index in [1.165, 1.54) is 24.1 Å². The van der Waals surface area contributed by atoms with Crippen molar-refractivity contribution < 1.29 is 23.5 Å². The molecule has 0 bridgehead atoms. The van der Waals surface area contributed by atoms with Crippen LogP contribution in [0.3, 0.4) is 0 Å². The number of hydrogen-bond donors (Lipinski definition) is 0. The van der Waals surface area contributed by atoms with Crippen LogP contribution >= 0.6 is 0 Å². The Kier molecular flexibility index (Phi) is 6.03. The number of piperidine rings is 1. The molecule has 0 aromatic heterocycles. The standard InChI is InChI=1S/C19H26FNO4/c1-19(2,3)25-18(23)21-11-5-6-14(16(21)17(22)24-4)12-13-7-9-15(20)10-8-13/h7-10,14,16H,5-6,11-12H2,1-4H3/t14-,16-/m0/s1. The molecule has 2 atom stereocenters. The van der Waals surface area contributed by atoms with Crippen molar-refractivity contribution in [3.8, 4) is 0 Å². The number of rotatable bonds is 3. The molecule has 1 heterocycles. The average Bonchev–Trinajstić information content (AvgIpc) is 2.54. The van der Waals surface area contributed by atoms with Crippen LogP contribution in [0, 0.1) is 11.7 Å². The first-order chi connectivity index (χ1) is 11.7. The minimum atomic E-state index is -0.696. The molecule has 1 aliphatic rings. The molecule has 1 aromatic carbocycles. The number of likely N-dealkylation sites (tertiary alicyclic amines) is 1. The van der Waals surface area contributed by atoms with Crippen LogP contribution in [0.25, 0.3) is 0 Å². The van der Waals surface area contributed by atoms with Crippen LogP contribution in [0.2, 0.25) is 0 Å². The van der Waals surface area contributed by atoms with Crippen molar-refractivity contribution in [2.45, 2.75) is 51.7 Å². The van der Waals surface area contributed by atoms with Crippen molar-refractivity contribution >= 4 is 12.1 Å². The predicted octanol–water partition coefficient (Wildman–Crippen LogP) is 3.56. The Morgan fingerprint density at radius 3 is 2.44 bits per heavy atom. The molecule has 5 nitrogen and oxygen atoms in total. The topological polar surface area (TPSA) is 55.8 Å². The molecule has 1 aromatic rings. The highest BCUT2D eigenvalue weighted by Gasteiger charge is 2.41. The van der Waals surface area contributed by atoms with E-state index in [1.54, 1.807) is 32.9 Å². The molecule has 1 aliphatic heterocycles. The fraction of sp³-hybridized carbons (Fsp3) is 0.579. The van der Waals surface area contributed by atoms with Crippen LogP contribution < -0.4 is 0 Å². The third kappa shape index (κ3) is 5.18. The van der Waals surface area contributed by atoms with Gasteiger partial charge in [-0.15, -0.1) is 0 Å². The lowest BCUT2D eigenvalue weighted by Gasteiger charge is -2.40. The number of benzene rings is 1. The van der Waals surface area contributed by atoms with E-state index in [2.05, 4.69) is 0 Å². The summed E-state index contributed by atoms with van der Waals surface area (Å²) in [5, 5.41) is 0. The quantitative estimate of drug-likeness (QED) is 0.782. The number of carbonyl (C=O) groups excluding carboxylic acids is 2. The zero-order valence-electron chi connectivity index (χ0n) is 15.3. The van der Waals surface area contributed by atoms with E-state index in [4.69, 9.17) is 9.47 Å². The maximum Gasteiger partial charge on any atom is 0.411 e. The van der Waals surface area contributed by atoms with Gasteiger partial charge in [0, 0.05) is 6.54 Å². The van der Waals surface area contributed by atoms with Gasteiger partial charge in [0.2, 0.25) is 0 Å². The Morgan fingerprint density at radius 1 is 1.24 bits per heavy atom. The molecule has 138 valence electrons. The number of hydrogen-bond acceptors (Lipinski definition) is 4. The zero-order chi connectivity index (χ0) is 18.6. The first-order valence-electron chi connectivity index (χ1n) is 8.53. The summed E-state index contributed by atoms with van der Waals surface area (Å²) in [4.78, 5) is 26.4. The van der Waals surface area contributed by atoms with E-state index < -0.39 is 23.7 Å². The minimum absolute atomic E-state index is 0.0980. The van der Waals surface area contributed by atoms with E-state index >= 15 is 0 Å². The molecular formula is C19H26FNO4. The second kappa shape index (κ2) is 7.85. The smallest absolute Gasteiger partial charge is 0.411 e. The first kappa shape index (κ1) is 19.2. The van der Waals surface area contributed by atoms with Gasteiger partial charge in [0.1, 0.15) is 17.5 Å². The fourth-order valence-electron chi connectivity index (χ4n) is 3.18. The number of halogens is 1. The summed E-state index contributed by atoms with van der Waals surface area (Å²) in [5.74, 6) is -0.843. The van der Waals surface area contributed by atoms with E-state index in [0.29, 0.717) is 13.0 Å². The van der Waals surface area contributed by atoms with E-state index in [1.807, 2.05) is 0 Å². The van der Waals surface area contributed by atoms with Crippen LogP contribution in [0.4, 0.5) is 9.18 Å². The monoisotopic (exact) mass is 351 g/mol. The van der Waals surface area contributed by atoms with Gasteiger partial charge in [-0.3, -0.25) is 4.90 Å². The average molecular weight is 351 g/mol. The summed E-state index contributed by atoms with van der Waals surface area (Å²) in [5.41, 5.74) is 0.285. The molecule has 0 N–H and O–H groups in total. The molecule has 1 amide bonds. The van der Waals surface area contributed by atoms with Gasteiger partial charge < -0.3 is 9.47 Å². The second-order valence-corrected chi connectivity index (χ2v) is 7.37. The lowest BCUT2D eigenvalue weighted by molar-refractivity contribution is -0.150. The molecule has 1 saturated heterocycles. The van der Waals surface area contributed by atoms with Gasteiger partial charge in [0.05, 0.1) is 7.11 Å². The SMILES string of the molecule is COC(=O)[C@@H]1[C@H](Cc2ccc(F)cc2)CCCN1C(=O)OC(C)(C)C. The van der Waals surface area contributed by atoms with Gasteiger partial charge in [-0.05, 0) is 63.6 Å². The summed E-state index contributed by atoms with van der Waals surface area (Å²) in [6.45, 7) is 5.82. The third-order valence-electron chi connectivity index (χ3n) is 4.24. The molecule has 0 unspecified atom stereocenters. The van der Waals surface area contributed by atoms with Gasteiger partial charge in [0.15, 0.2) is 0 Å². The summed E-state index contributed by atoms with van der Waals surface area (Å²) >= 11 is 0. The third-order valence-corrected chi connectivity index (χ3v) is 4.24. The molecule has 2 rings (SSSR count). The maximum atomic E-state index is 13.1. The Morgan fingerprint density at radius 2 is 1.88 bits per heavy atom. The molecule has 0 aliphatic carbocycles. The van der Waals surface area contributed by atoms with Gasteiger partial charge >= 0.3 is 12.1 Å². The van der Waals surface area contributed by atoms with Gasteiger partial charge in [0.25, 0.3) is 0 Å². The second-order valence-electron chi connectivity index (χ2n) is 7.37. The number of amides is 1. The lowest BCUT2D eigenvalue weighted by atomic mass is 9.84. The number of carbonyl (C=O) groups is 2. The van der Waals surface area contributed by atoms with Crippen LogP contribution in [-0.2, 0) is 20.7 Å². The Bertz CT molecular complexity index is 609. The number of methoxy groups -OCH3 is 1. The summed E-state index contributed by atoms with van der Waals surface area (Å²) in [6, 6.07) is 5.51. The lowest BCUT2D eigenvalue weighted by Crippen LogP contribution is -2.54. The van der Waals surface area contributed by atoms with Gasteiger partial charge in [-0.2, -0.15) is 0 Å². The maximum absolute atomic E-state index is 13.1. The summed E-state index contributed by atoms with van der Waals surface area (Å²) in [6.07, 6.45) is 1.63. The van der Waals surface area contributed by atoms with Crippen molar-refractivity contribution in [2.24, 2.45) is 5.92 Å². The Balaban J connectivity index is 2.21. The van der Waals surface area contributed by atoms with Crippen molar-refractivity contribution in [1.82, 2.24) is 4.90 Å². The van der Waals surface area contributed by atoms with Crippen molar-refractivity contribution in [2.75, 3.05) is 13.7 Å². The molecule has 6 heteroatoms. The van der Waals surface area contributed by atoms with Crippen LogP contribution in [0.5, 0.6) is 0 Å². The van der Waals surface area contributed by atoms with E-state index in [0.717, 1.165) is 18.4 Å².